The SMILES string of the molecule is CC(=O)N1CCN(C(=O)c2cccc(Sc3cnc(NC(=O)O)s3)c2)CC1. The van der Waals surface area contributed by atoms with Crippen LogP contribution in [0, 0.1) is 0 Å². The molecule has 1 aromatic carbocycles. The van der Waals surface area contributed by atoms with Crippen molar-refractivity contribution in [3.05, 3.63) is 36.0 Å². The van der Waals surface area contributed by atoms with Gasteiger partial charge in [0.25, 0.3) is 5.91 Å². The fourth-order valence-electron chi connectivity index (χ4n) is 2.67. The second-order valence-corrected chi connectivity index (χ2v) is 8.25. The molecule has 0 saturated carbocycles. The van der Waals surface area contributed by atoms with Crippen molar-refractivity contribution in [2.75, 3.05) is 31.5 Å². The highest BCUT2D eigenvalue weighted by Crippen LogP contribution is 2.34. The van der Waals surface area contributed by atoms with Crippen LogP contribution in [-0.2, 0) is 4.79 Å². The number of nitrogens with zero attached hydrogens (tertiary/aromatic N) is 3. The Morgan fingerprint density at radius 2 is 1.89 bits per heavy atom. The van der Waals surface area contributed by atoms with Crippen LogP contribution in [0.3, 0.4) is 0 Å². The molecule has 0 spiro atoms. The molecule has 1 fully saturated rings. The highest BCUT2D eigenvalue weighted by atomic mass is 32.2. The van der Waals surface area contributed by atoms with Crippen LogP contribution in [-0.4, -0.2) is 64.0 Å². The van der Waals surface area contributed by atoms with E-state index in [-0.39, 0.29) is 11.8 Å². The molecule has 1 aliphatic rings. The smallest absolute Gasteiger partial charge is 0.410 e. The average Bonchev–Trinajstić information content (AvgIpc) is 3.07. The number of aromatic nitrogens is 1. The van der Waals surface area contributed by atoms with Crippen LogP contribution in [0.1, 0.15) is 17.3 Å². The van der Waals surface area contributed by atoms with E-state index in [0.29, 0.717) is 36.9 Å². The van der Waals surface area contributed by atoms with E-state index in [1.165, 1.54) is 30.0 Å². The fourth-order valence-corrected chi connectivity index (χ4v) is 4.57. The summed E-state index contributed by atoms with van der Waals surface area (Å²) in [4.78, 5) is 43.2. The van der Waals surface area contributed by atoms with Gasteiger partial charge in [-0.05, 0) is 18.2 Å². The van der Waals surface area contributed by atoms with Crippen LogP contribution in [0.25, 0.3) is 0 Å². The highest BCUT2D eigenvalue weighted by molar-refractivity contribution is 8.01. The Balaban J connectivity index is 1.65. The number of hydrogen-bond donors (Lipinski definition) is 2. The molecule has 0 atom stereocenters. The third-order valence-corrected chi connectivity index (χ3v) is 6.01. The number of anilines is 1. The Morgan fingerprint density at radius 3 is 2.56 bits per heavy atom. The summed E-state index contributed by atoms with van der Waals surface area (Å²) in [6.07, 6.45) is 0.439. The second kappa shape index (κ2) is 8.40. The maximum absolute atomic E-state index is 12.7. The van der Waals surface area contributed by atoms with Crippen molar-refractivity contribution in [1.29, 1.82) is 0 Å². The summed E-state index contributed by atoms with van der Waals surface area (Å²) in [5.74, 6) is -0.0278. The number of carbonyl (C=O) groups excluding carboxylic acids is 2. The lowest BCUT2D eigenvalue weighted by molar-refractivity contribution is -0.130. The first kappa shape index (κ1) is 19.2. The maximum atomic E-state index is 12.7. The Labute approximate surface area is 164 Å². The lowest BCUT2D eigenvalue weighted by Gasteiger charge is -2.34. The number of rotatable bonds is 4. The number of carboxylic acid groups (broad SMARTS) is 1. The van der Waals surface area contributed by atoms with Crippen LogP contribution in [0.4, 0.5) is 9.93 Å². The van der Waals surface area contributed by atoms with E-state index < -0.39 is 6.09 Å². The monoisotopic (exact) mass is 406 g/mol. The molecule has 2 N–H and O–H groups in total. The van der Waals surface area contributed by atoms with Crippen molar-refractivity contribution in [2.45, 2.75) is 16.0 Å². The topological polar surface area (TPSA) is 103 Å². The summed E-state index contributed by atoms with van der Waals surface area (Å²) in [6.45, 7) is 3.68. The van der Waals surface area contributed by atoms with E-state index >= 15 is 0 Å². The summed E-state index contributed by atoms with van der Waals surface area (Å²) >= 11 is 2.65. The van der Waals surface area contributed by atoms with Gasteiger partial charge in [-0.25, -0.2) is 9.78 Å². The third kappa shape index (κ3) is 4.98. The molecule has 8 nitrogen and oxygen atoms in total. The zero-order valence-electron chi connectivity index (χ0n) is 14.5. The summed E-state index contributed by atoms with van der Waals surface area (Å²) < 4.78 is 0.818. The van der Waals surface area contributed by atoms with Crippen LogP contribution in [0.2, 0.25) is 0 Å². The predicted molar refractivity (Wildman–Crippen MR) is 102 cm³/mol. The first-order valence-corrected chi connectivity index (χ1v) is 9.84. The van der Waals surface area contributed by atoms with Crippen LogP contribution < -0.4 is 5.32 Å². The van der Waals surface area contributed by atoms with E-state index in [1.54, 1.807) is 22.1 Å². The number of nitrogens with one attached hydrogen (secondary N) is 1. The van der Waals surface area contributed by atoms with Crippen LogP contribution in [0.5, 0.6) is 0 Å². The molecular weight excluding hydrogens is 388 g/mol. The van der Waals surface area contributed by atoms with Gasteiger partial charge in [-0.15, -0.1) is 0 Å². The molecule has 10 heteroatoms. The van der Waals surface area contributed by atoms with Gasteiger partial charge in [0.15, 0.2) is 5.13 Å². The van der Waals surface area contributed by atoms with E-state index in [0.717, 1.165) is 9.10 Å². The molecule has 3 amide bonds. The Morgan fingerprint density at radius 1 is 1.19 bits per heavy atom. The van der Waals surface area contributed by atoms with Gasteiger partial charge in [0.2, 0.25) is 5.91 Å². The van der Waals surface area contributed by atoms with E-state index in [2.05, 4.69) is 10.3 Å². The Bertz CT molecular complexity index is 862. The molecule has 1 aliphatic heterocycles. The van der Waals surface area contributed by atoms with E-state index in [1.807, 2.05) is 18.2 Å². The zero-order chi connectivity index (χ0) is 19.4. The van der Waals surface area contributed by atoms with Crippen molar-refractivity contribution in [3.63, 3.8) is 0 Å². The van der Waals surface area contributed by atoms with Crippen molar-refractivity contribution in [3.8, 4) is 0 Å². The summed E-state index contributed by atoms with van der Waals surface area (Å²) in [5, 5.41) is 11.2. The average molecular weight is 406 g/mol. The quantitative estimate of drug-likeness (QED) is 0.809. The molecule has 142 valence electrons. The fraction of sp³-hybridized carbons (Fsp3) is 0.294. The van der Waals surface area contributed by atoms with Gasteiger partial charge in [-0.2, -0.15) is 0 Å². The minimum atomic E-state index is -1.15. The molecule has 0 radical (unpaired) electrons. The van der Waals surface area contributed by atoms with Crippen molar-refractivity contribution < 1.29 is 19.5 Å². The molecular formula is C17H18N4O4S2. The molecule has 2 aromatic rings. The molecule has 2 heterocycles. The van der Waals surface area contributed by atoms with Gasteiger partial charge in [0.05, 0.1) is 10.4 Å². The Kier molecular flexibility index (Phi) is 5.97. The van der Waals surface area contributed by atoms with Gasteiger partial charge in [-0.1, -0.05) is 29.2 Å². The molecule has 1 saturated heterocycles. The normalized spacial score (nSPS) is 14.1. The van der Waals surface area contributed by atoms with Crippen LogP contribution >= 0.6 is 23.1 Å². The zero-order valence-corrected chi connectivity index (χ0v) is 16.2. The molecule has 0 bridgehead atoms. The van der Waals surface area contributed by atoms with Gasteiger partial charge >= 0.3 is 6.09 Å². The third-order valence-electron chi connectivity index (χ3n) is 4.01. The Hall–Kier alpha value is -2.59. The molecule has 1 aromatic heterocycles. The van der Waals surface area contributed by atoms with Gasteiger partial charge in [-0.3, -0.25) is 14.9 Å². The maximum Gasteiger partial charge on any atom is 0.410 e. The van der Waals surface area contributed by atoms with Gasteiger partial charge in [0.1, 0.15) is 0 Å². The van der Waals surface area contributed by atoms with Crippen molar-refractivity contribution >= 4 is 46.1 Å². The largest absolute Gasteiger partial charge is 0.465 e. The lowest BCUT2D eigenvalue weighted by atomic mass is 10.2. The minimum absolute atomic E-state index is 0.0295. The predicted octanol–water partition coefficient (Wildman–Crippen LogP) is 2.69. The number of piperazine rings is 1. The number of amides is 3. The first-order chi connectivity index (χ1) is 12.9. The number of benzene rings is 1. The molecule has 3 rings (SSSR count). The van der Waals surface area contributed by atoms with Crippen LogP contribution in [0.15, 0.2) is 39.6 Å². The van der Waals surface area contributed by atoms with Crippen molar-refractivity contribution in [1.82, 2.24) is 14.8 Å². The standard InChI is InChI=1S/C17H18N4O4S2/c1-11(22)20-5-7-21(8-6-20)15(23)12-3-2-4-13(9-12)26-14-10-18-16(27-14)19-17(24)25/h2-4,9-10H,5-8H2,1H3,(H,18,19)(H,24,25). The second-order valence-electron chi connectivity index (χ2n) is 5.84. The number of thiazole rings is 1. The van der Waals surface area contributed by atoms with E-state index in [4.69, 9.17) is 5.11 Å². The highest BCUT2D eigenvalue weighted by Gasteiger charge is 2.23. The number of carbonyl (C=O) groups is 3. The summed E-state index contributed by atoms with van der Waals surface area (Å²) in [6, 6.07) is 7.29. The summed E-state index contributed by atoms with van der Waals surface area (Å²) in [5.41, 5.74) is 0.588. The van der Waals surface area contributed by atoms with E-state index in [9.17, 15) is 14.4 Å². The molecule has 0 unspecified atom stereocenters. The van der Waals surface area contributed by atoms with Crippen molar-refractivity contribution in [2.24, 2.45) is 0 Å². The van der Waals surface area contributed by atoms with Gasteiger partial charge < -0.3 is 14.9 Å². The summed E-state index contributed by atoms with van der Waals surface area (Å²) in [7, 11) is 0. The van der Waals surface area contributed by atoms with Gasteiger partial charge in [0, 0.05) is 43.6 Å². The molecule has 27 heavy (non-hydrogen) atoms. The molecule has 0 aliphatic carbocycles. The number of hydrogen-bond acceptors (Lipinski definition) is 6. The lowest BCUT2D eigenvalue weighted by Crippen LogP contribution is -2.50. The minimum Gasteiger partial charge on any atom is -0.465 e. The first-order valence-electron chi connectivity index (χ1n) is 8.21.